The monoisotopic (exact) mass is 240 g/mol. The van der Waals surface area contributed by atoms with Gasteiger partial charge in [-0.2, -0.15) is 0 Å². The van der Waals surface area contributed by atoms with Crippen LogP contribution in [0.4, 0.5) is 0 Å². The van der Waals surface area contributed by atoms with Crippen LogP contribution in [0.5, 0.6) is 0 Å². The first kappa shape index (κ1) is 16.2. The Morgan fingerprint density at radius 2 is 1.76 bits per heavy atom. The van der Waals surface area contributed by atoms with E-state index in [-0.39, 0.29) is 5.97 Å². The van der Waals surface area contributed by atoms with Gasteiger partial charge < -0.3 is 4.74 Å². The molecule has 0 aliphatic heterocycles. The summed E-state index contributed by atoms with van der Waals surface area (Å²) in [6.07, 6.45) is 7.64. The largest absolute Gasteiger partial charge is 0.462 e. The Kier molecular flexibility index (Phi) is 9.89. The van der Waals surface area contributed by atoms with Crippen LogP contribution in [0.1, 0.15) is 65.7 Å². The number of carbonyl (C=O) groups excluding carboxylic acids is 1. The zero-order chi connectivity index (χ0) is 13.1. The van der Waals surface area contributed by atoms with Gasteiger partial charge in [0.25, 0.3) is 0 Å². The maximum atomic E-state index is 11.7. The van der Waals surface area contributed by atoms with Crippen molar-refractivity contribution in [3.8, 4) is 0 Å². The van der Waals surface area contributed by atoms with Gasteiger partial charge in [0.05, 0.1) is 6.61 Å². The van der Waals surface area contributed by atoms with Crippen LogP contribution in [0, 0.1) is 5.92 Å². The first-order chi connectivity index (χ1) is 8.17. The summed E-state index contributed by atoms with van der Waals surface area (Å²) in [7, 11) is 0. The molecule has 0 spiro atoms. The molecule has 0 N–H and O–H groups in total. The van der Waals surface area contributed by atoms with Gasteiger partial charge in [0.1, 0.15) is 0 Å². The smallest absolute Gasteiger partial charge is 0.333 e. The first-order valence-electron chi connectivity index (χ1n) is 7.03. The van der Waals surface area contributed by atoms with E-state index in [1.807, 2.05) is 0 Å². The van der Waals surface area contributed by atoms with Gasteiger partial charge in [-0.25, -0.2) is 4.79 Å². The standard InChI is InChI=1S/C15H28O2/c1-5-8-10-11-14(7-3)13(4)15(16)17-12-9-6-2/h14H,4-12H2,1-3H3. The van der Waals surface area contributed by atoms with Crippen LogP contribution >= 0.6 is 0 Å². The molecule has 2 heteroatoms. The molecule has 1 unspecified atom stereocenters. The highest BCUT2D eigenvalue weighted by atomic mass is 16.5. The van der Waals surface area contributed by atoms with Crippen LogP contribution in [-0.4, -0.2) is 12.6 Å². The van der Waals surface area contributed by atoms with E-state index in [0.29, 0.717) is 18.1 Å². The predicted molar refractivity (Wildman–Crippen MR) is 72.9 cm³/mol. The summed E-state index contributed by atoms with van der Waals surface area (Å²) >= 11 is 0. The fraction of sp³-hybridized carbons (Fsp3) is 0.800. The summed E-state index contributed by atoms with van der Waals surface area (Å²) in [4.78, 5) is 11.7. The Labute approximate surface area is 106 Å². The maximum Gasteiger partial charge on any atom is 0.333 e. The van der Waals surface area contributed by atoms with E-state index < -0.39 is 0 Å². The topological polar surface area (TPSA) is 26.3 Å². The van der Waals surface area contributed by atoms with E-state index in [9.17, 15) is 4.79 Å². The lowest BCUT2D eigenvalue weighted by molar-refractivity contribution is -0.139. The average Bonchev–Trinajstić information content (AvgIpc) is 2.34. The van der Waals surface area contributed by atoms with Crippen molar-refractivity contribution < 1.29 is 9.53 Å². The van der Waals surface area contributed by atoms with Crippen LogP contribution in [0.3, 0.4) is 0 Å². The molecule has 0 aromatic heterocycles. The molecule has 0 saturated heterocycles. The fourth-order valence-electron chi connectivity index (χ4n) is 1.83. The van der Waals surface area contributed by atoms with Gasteiger partial charge >= 0.3 is 5.97 Å². The quantitative estimate of drug-likeness (QED) is 0.319. The van der Waals surface area contributed by atoms with Crippen molar-refractivity contribution in [1.82, 2.24) is 0 Å². The van der Waals surface area contributed by atoms with E-state index in [4.69, 9.17) is 4.74 Å². The summed E-state index contributed by atoms with van der Waals surface area (Å²) in [5.41, 5.74) is 0.666. The Hall–Kier alpha value is -0.790. The number of ether oxygens (including phenoxy) is 1. The molecule has 2 nitrogen and oxygen atoms in total. The molecule has 0 rings (SSSR count). The van der Waals surface area contributed by atoms with Gasteiger partial charge in [-0.15, -0.1) is 0 Å². The highest BCUT2D eigenvalue weighted by Crippen LogP contribution is 2.22. The highest BCUT2D eigenvalue weighted by Gasteiger charge is 2.18. The van der Waals surface area contributed by atoms with Crippen LogP contribution in [0.25, 0.3) is 0 Å². The SMILES string of the molecule is C=C(C(=O)OCCCC)C(CC)CCCCC. The average molecular weight is 240 g/mol. The van der Waals surface area contributed by atoms with Crippen molar-refractivity contribution in [1.29, 1.82) is 0 Å². The molecule has 0 aromatic carbocycles. The summed E-state index contributed by atoms with van der Waals surface area (Å²) in [6.45, 7) is 10.8. The number of unbranched alkanes of at least 4 members (excludes halogenated alkanes) is 3. The third kappa shape index (κ3) is 7.19. The summed E-state index contributed by atoms with van der Waals surface area (Å²) in [5.74, 6) is 0.109. The second-order valence-corrected chi connectivity index (χ2v) is 4.62. The number of hydrogen-bond donors (Lipinski definition) is 0. The third-order valence-corrected chi connectivity index (χ3v) is 3.13. The fourth-order valence-corrected chi connectivity index (χ4v) is 1.83. The molecule has 0 amide bonds. The van der Waals surface area contributed by atoms with Gasteiger partial charge in [-0.1, -0.05) is 53.0 Å². The summed E-state index contributed by atoms with van der Waals surface area (Å²) in [5, 5.41) is 0. The zero-order valence-electron chi connectivity index (χ0n) is 11.8. The Balaban J connectivity index is 4.00. The predicted octanol–water partition coefficient (Wildman–Crippen LogP) is 4.49. The minimum Gasteiger partial charge on any atom is -0.462 e. The molecule has 0 heterocycles. The molecule has 0 saturated carbocycles. The Morgan fingerprint density at radius 3 is 2.29 bits per heavy atom. The van der Waals surface area contributed by atoms with Gasteiger partial charge in [0.2, 0.25) is 0 Å². The summed E-state index contributed by atoms with van der Waals surface area (Å²) < 4.78 is 5.19. The third-order valence-electron chi connectivity index (χ3n) is 3.13. The Morgan fingerprint density at radius 1 is 1.12 bits per heavy atom. The van der Waals surface area contributed by atoms with Crippen molar-refractivity contribution in [2.24, 2.45) is 5.92 Å². The zero-order valence-corrected chi connectivity index (χ0v) is 11.8. The van der Waals surface area contributed by atoms with E-state index in [1.165, 1.54) is 19.3 Å². The molecule has 0 radical (unpaired) electrons. The van der Waals surface area contributed by atoms with Gasteiger partial charge in [-0.05, 0) is 25.2 Å². The number of hydrogen-bond acceptors (Lipinski definition) is 2. The minimum atomic E-state index is -0.193. The normalized spacial score (nSPS) is 12.2. The molecule has 0 aliphatic carbocycles. The van der Waals surface area contributed by atoms with Crippen molar-refractivity contribution in [2.75, 3.05) is 6.61 Å². The van der Waals surface area contributed by atoms with Gasteiger partial charge in [0, 0.05) is 5.57 Å². The second-order valence-electron chi connectivity index (χ2n) is 4.62. The van der Waals surface area contributed by atoms with E-state index >= 15 is 0 Å². The van der Waals surface area contributed by atoms with E-state index in [1.54, 1.807) is 0 Å². The number of esters is 1. The minimum absolute atomic E-state index is 0.193. The van der Waals surface area contributed by atoms with Crippen molar-refractivity contribution in [2.45, 2.75) is 65.7 Å². The van der Waals surface area contributed by atoms with Crippen molar-refractivity contribution in [3.05, 3.63) is 12.2 Å². The second kappa shape index (κ2) is 10.4. The van der Waals surface area contributed by atoms with Crippen LogP contribution in [0.2, 0.25) is 0 Å². The van der Waals surface area contributed by atoms with E-state index in [0.717, 1.165) is 25.7 Å². The van der Waals surface area contributed by atoms with Gasteiger partial charge in [-0.3, -0.25) is 0 Å². The highest BCUT2D eigenvalue weighted by molar-refractivity contribution is 5.88. The molecule has 1 atom stereocenters. The lowest BCUT2D eigenvalue weighted by atomic mass is 9.92. The molecule has 0 aromatic rings. The lowest BCUT2D eigenvalue weighted by Gasteiger charge is -2.16. The number of carbonyl (C=O) groups is 1. The molecular formula is C15H28O2. The Bertz CT molecular complexity index is 221. The van der Waals surface area contributed by atoms with Crippen LogP contribution in [-0.2, 0) is 9.53 Å². The van der Waals surface area contributed by atoms with Crippen molar-refractivity contribution in [3.63, 3.8) is 0 Å². The number of rotatable bonds is 10. The van der Waals surface area contributed by atoms with E-state index in [2.05, 4.69) is 27.4 Å². The lowest BCUT2D eigenvalue weighted by Crippen LogP contribution is -2.15. The summed E-state index contributed by atoms with van der Waals surface area (Å²) in [6, 6.07) is 0. The maximum absolute atomic E-state index is 11.7. The first-order valence-corrected chi connectivity index (χ1v) is 7.03. The van der Waals surface area contributed by atoms with Crippen molar-refractivity contribution >= 4 is 5.97 Å². The van der Waals surface area contributed by atoms with Gasteiger partial charge in [0.15, 0.2) is 0 Å². The molecule has 0 fully saturated rings. The molecule has 100 valence electrons. The molecule has 0 bridgehead atoms. The molecular weight excluding hydrogens is 212 g/mol. The van der Waals surface area contributed by atoms with Crippen LogP contribution < -0.4 is 0 Å². The molecule has 17 heavy (non-hydrogen) atoms. The molecule has 0 aliphatic rings. The van der Waals surface area contributed by atoms with Crippen LogP contribution in [0.15, 0.2) is 12.2 Å².